The summed E-state index contributed by atoms with van der Waals surface area (Å²) in [6, 6.07) is 6.36. The molecule has 0 saturated carbocycles. The number of nitrogens with one attached hydrogen (secondary N) is 1. The zero-order chi connectivity index (χ0) is 17.6. The quantitative estimate of drug-likeness (QED) is 0.784. The van der Waals surface area contributed by atoms with Crippen LogP contribution in [0.4, 0.5) is 4.79 Å². The molecule has 0 spiro atoms. The van der Waals surface area contributed by atoms with E-state index in [0.29, 0.717) is 26.3 Å². The monoisotopic (exact) mass is 345 g/mol. The molecule has 1 aromatic heterocycles. The topological polar surface area (TPSA) is 55.7 Å². The van der Waals surface area contributed by atoms with Gasteiger partial charge in [-0.1, -0.05) is 12.1 Å². The molecule has 25 heavy (non-hydrogen) atoms. The first-order valence-electron chi connectivity index (χ1n) is 8.85. The van der Waals surface area contributed by atoms with Crippen molar-refractivity contribution < 1.29 is 14.3 Å². The second kappa shape index (κ2) is 8.36. The number of nitrogens with zero attached hydrogens (tertiary/aromatic N) is 2. The van der Waals surface area contributed by atoms with E-state index in [1.54, 1.807) is 14.2 Å². The third-order valence-corrected chi connectivity index (χ3v) is 4.71. The highest BCUT2D eigenvalue weighted by Crippen LogP contribution is 2.29. The normalized spacial score (nSPS) is 13.9. The standard InChI is InChI=1S/C19H27N3O3/c1-24-11-4-8-20-19(23)22-9-7-16-13-21(10-12-25-2)17-6-3-5-15(14-22)18(16)17/h3,5-6,13H,4,7-12,14H2,1-2H3,(H,20,23). The van der Waals surface area contributed by atoms with Crippen molar-refractivity contribution in [3.63, 3.8) is 0 Å². The lowest BCUT2D eigenvalue weighted by atomic mass is 10.1. The molecule has 6 heteroatoms. The minimum absolute atomic E-state index is 0.00511. The third-order valence-electron chi connectivity index (χ3n) is 4.71. The Morgan fingerprint density at radius 1 is 1.20 bits per heavy atom. The number of methoxy groups -OCH3 is 2. The van der Waals surface area contributed by atoms with Crippen molar-refractivity contribution in [1.82, 2.24) is 14.8 Å². The van der Waals surface area contributed by atoms with E-state index in [4.69, 9.17) is 9.47 Å². The van der Waals surface area contributed by atoms with Crippen molar-refractivity contribution in [2.24, 2.45) is 0 Å². The zero-order valence-corrected chi connectivity index (χ0v) is 15.1. The highest BCUT2D eigenvalue weighted by molar-refractivity contribution is 5.88. The molecule has 0 saturated heterocycles. The van der Waals surface area contributed by atoms with Gasteiger partial charge in [-0.3, -0.25) is 0 Å². The van der Waals surface area contributed by atoms with Crippen molar-refractivity contribution in [3.05, 3.63) is 35.5 Å². The number of rotatable bonds is 7. The summed E-state index contributed by atoms with van der Waals surface area (Å²) < 4.78 is 12.5. The average molecular weight is 345 g/mol. The zero-order valence-electron chi connectivity index (χ0n) is 15.1. The van der Waals surface area contributed by atoms with E-state index in [1.807, 2.05) is 4.90 Å². The Labute approximate surface area is 148 Å². The van der Waals surface area contributed by atoms with E-state index < -0.39 is 0 Å². The lowest BCUT2D eigenvalue weighted by Crippen LogP contribution is -2.40. The smallest absolute Gasteiger partial charge is 0.317 e. The Balaban J connectivity index is 1.75. The minimum Gasteiger partial charge on any atom is -0.385 e. The molecule has 2 heterocycles. The Kier molecular flexibility index (Phi) is 5.94. The fraction of sp³-hybridized carbons (Fsp3) is 0.526. The number of hydrogen-bond acceptors (Lipinski definition) is 3. The van der Waals surface area contributed by atoms with Crippen LogP contribution < -0.4 is 5.32 Å². The van der Waals surface area contributed by atoms with Crippen LogP contribution in [0.2, 0.25) is 0 Å². The minimum atomic E-state index is 0.00511. The maximum absolute atomic E-state index is 12.5. The van der Waals surface area contributed by atoms with Gasteiger partial charge in [-0.2, -0.15) is 0 Å². The lowest BCUT2D eigenvalue weighted by Gasteiger charge is -2.22. The summed E-state index contributed by atoms with van der Waals surface area (Å²) in [4.78, 5) is 14.4. The van der Waals surface area contributed by atoms with Gasteiger partial charge in [-0.15, -0.1) is 0 Å². The summed E-state index contributed by atoms with van der Waals surface area (Å²) in [5.74, 6) is 0. The number of ether oxygens (including phenoxy) is 2. The van der Waals surface area contributed by atoms with E-state index >= 15 is 0 Å². The van der Waals surface area contributed by atoms with E-state index in [9.17, 15) is 4.79 Å². The van der Waals surface area contributed by atoms with E-state index in [0.717, 1.165) is 25.9 Å². The number of carbonyl (C=O) groups is 1. The van der Waals surface area contributed by atoms with E-state index in [2.05, 4.69) is 34.3 Å². The summed E-state index contributed by atoms with van der Waals surface area (Å²) in [5.41, 5.74) is 3.76. The van der Waals surface area contributed by atoms with Crippen molar-refractivity contribution in [1.29, 1.82) is 0 Å². The first-order valence-corrected chi connectivity index (χ1v) is 8.85. The summed E-state index contributed by atoms with van der Waals surface area (Å²) in [6.45, 7) is 4.23. The summed E-state index contributed by atoms with van der Waals surface area (Å²) in [7, 11) is 3.40. The number of aromatic nitrogens is 1. The molecule has 0 unspecified atom stereocenters. The molecule has 1 N–H and O–H groups in total. The lowest BCUT2D eigenvalue weighted by molar-refractivity contribution is 0.184. The number of amides is 2. The Morgan fingerprint density at radius 2 is 2.04 bits per heavy atom. The largest absolute Gasteiger partial charge is 0.385 e. The Hall–Kier alpha value is -2.05. The van der Waals surface area contributed by atoms with E-state index in [1.165, 1.54) is 22.0 Å². The Morgan fingerprint density at radius 3 is 2.84 bits per heavy atom. The molecule has 1 aromatic carbocycles. The van der Waals surface area contributed by atoms with Gasteiger partial charge in [0.25, 0.3) is 0 Å². The molecular weight excluding hydrogens is 318 g/mol. The molecule has 1 aliphatic rings. The summed E-state index contributed by atoms with van der Waals surface area (Å²) in [6.07, 6.45) is 3.92. The van der Waals surface area contributed by atoms with Crippen LogP contribution in [0.1, 0.15) is 17.5 Å². The van der Waals surface area contributed by atoms with Crippen LogP contribution in [0.25, 0.3) is 10.9 Å². The molecule has 3 rings (SSSR count). The van der Waals surface area contributed by atoms with Crippen LogP contribution in [-0.2, 0) is 29.0 Å². The maximum atomic E-state index is 12.5. The fourth-order valence-electron chi connectivity index (χ4n) is 3.45. The van der Waals surface area contributed by atoms with Crippen LogP contribution in [0.3, 0.4) is 0 Å². The van der Waals surface area contributed by atoms with Gasteiger partial charge in [-0.05, 0) is 30.0 Å². The third kappa shape index (κ3) is 3.96. The van der Waals surface area contributed by atoms with Crippen molar-refractivity contribution in [3.8, 4) is 0 Å². The van der Waals surface area contributed by atoms with Crippen LogP contribution in [-0.4, -0.2) is 56.0 Å². The van der Waals surface area contributed by atoms with Gasteiger partial charge in [0.15, 0.2) is 0 Å². The number of carbonyl (C=O) groups excluding carboxylic acids is 1. The molecule has 0 fully saturated rings. The molecule has 0 aliphatic carbocycles. The van der Waals surface area contributed by atoms with Crippen LogP contribution in [0, 0.1) is 0 Å². The molecule has 2 amide bonds. The molecule has 0 atom stereocenters. The maximum Gasteiger partial charge on any atom is 0.317 e. The van der Waals surface area contributed by atoms with Crippen LogP contribution >= 0.6 is 0 Å². The predicted molar refractivity (Wildman–Crippen MR) is 97.8 cm³/mol. The van der Waals surface area contributed by atoms with Gasteiger partial charge in [0.2, 0.25) is 0 Å². The molecule has 0 bridgehead atoms. The first kappa shape index (κ1) is 17.8. The van der Waals surface area contributed by atoms with Gasteiger partial charge in [0.1, 0.15) is 0 Å². The van der Waals surface area contributed by atoms with Crippen molar-refractivity contribution >= 4 is 16.9 Å². The molecule has 2 aromatic rings. The van der Waals surface area contributed by atoms with Gasteiger partial charge in [-0.25, -0.2) is 4.79 Å². The molecule has 136 valence electrons. The molecule has 0 radical (unpaired) electrons. The summed E-state index contributed by atoms with van der Waals surface area (Å²) in [5, 5.41) is 4.29. The average Bonchev–Trinajstić information content (AvgIpc) is 2.87. The fourth-order valence-corrected chi connectivity index (χ4v) is 3.45. The highest BCUT2D eigenvalue weighted by atomic mass is 16.5. The Bertz CT molecular complexity index is 726. The second-order valence-electron chi connectivity index (χ2n) is 6.40. The van der Waals surface area contributed by atoms with Gasteiger partial charge >= 0.3 is 6.03 Å². The molecule has 6 nitrogen and oxygen atoms in total. The second-order valence-corrected chi connectivity index (χ2v) is 6.40. The highest BCUT2D eigenvalue weighted by Gasteiger charge is 2.22. The van der Waals surface area contributed by atoms with Crippen molar-refractivity contribution in [2.45, 2.75) is 25.9 Å². The predicted octanol–water partition coefficient (Wildman–Crippen LogP) is 2.39. The van der Waals surface area contributed by atoms with Crippen LogP contribution in [0.5, 0.6) is 0 Å². The number of hydrogen-bond donors (Lipinski definition) is 1. The molecule has 1 aliphatic heterocycles. The van der Waals surface area contributed by atoms with Gasteiger partial charge in [0, 0.05) is 64.1 Å². The number of urea groups is 1. The first-order chi connectivity index (χ1) is 12.2. The van der Waals surface area contributed by atoms with Crippen molar-refractivity contribution in [2.75, 3.05) is 40.5 Å². The van der Waals surface area contributed by atoms with Gasteiger partial charge in [0.05, 0.1) is 6.61 Å². The van der Waals surface area contributed by atoms with Gasteiger partial charge < -0.3 is 24.3 Å². The number of benzene rings is 1. The summed E-state index contributed by atoms with van der Waals surface area (Å²) >= 11 is 0. The molecular formula is C19H27N3O3. The van der Waals surface area contributed by atoms with E-state index in [-0.39, 0.29) is 6.03 Å². The van der Waals surface area contributed by atoms with Crippen LogP contribution in [0.15, 0.2) is 24.4 Å². The SMILES string of the molecule is COCCCNC(=O)N1CCc2cn(CCOC)c3cccc(c23)C1.